The van der Waals surface area contributed by atoms with Gasteiger partial charge in [0.25, 0.3) is 11.6 Å². The monoisotopic (exact) mass is 413 g/mol. The van der Waals surface area contributed by atoms with Crippen LogP contribution in [0.1, 0.15) is 42.4 Å². The summed E-state index contributed by atoms with van der Waals surface area (Å²) in [6, 6.07) is 8.00. The highest BCUT2D eigenvalue weighted by Gasteiger charge is 2.34. The molecule has 0 fully saturated rings. The third kappa shape index (κ3) is 3.29. The van der Waals surface area contributed by atoms with Gasteiger partial charge in [0.2, 0.25) is 0 Å². The molecular formula is C20H20ClN5O3. The number of nitrogens with zero attached hydrogens (tertiary/aromatic N) is 5. The van der Waals surface area contributed by atoms with Crippen molar-refractivity contribution in [1.82, 2.24) is 19.2 Å². The van der Waals surface area contributed by atoms with E-state index in [1.807, 2.05) is 33.8 Å². The van der Waals surface area contributed by atoms with Crippen molar-refractivity contribution in [3.05, 3.63) is 74.7 Å². The van der Waals surface area contributed by atoms with Crippen LogP contribution in [0.25, 0.3) is 5.82 Å². The van der Waals surface area contributed by atoms with Crippen LogP contribution in [0.2, 0.25) is 5.02 Å². The maximum Gasteiger partial charge on any atom is 0.288 e. The average molecular weight is 414 g/mol. The fraction of sp³-hybridized carbons (Fsp3) is 0.300. The molecule has 4 rings (SSSR count). The SMILES string of the molecule is CC(C)(C)n1nc2c(c1-n1cccc1)CN(C(=O)c1ccc(Cl)c([N+](=O)[O-])c1)C2. The van der Waals surface area contributed by atoms with Crippen molar-refractivity contribution < 1.29 is 9.72 Å². The number of nitro benzene ring substituents is 1. The van der Waals surface area contributed by atoms with Gasteiger partial charge in [-0.1, -0.05) is 11.6 Å². The summed E-state index contributed by atoms with van der Waals surface area (Å²) in [6.07, 6.45) is 3.90. The summed E-state index contributed by atoms with van der Waals surface area (Å²) in [6.45, 7) is 6.98. The Morgan fingerprint density at radius 3 is 2.52 bits per heavy atom. The minimum absolute atomic E-state index is 0.00707. The van der Waals surface area contributed by atoms with Crippen molar-refractivity contribution in [2.24, 2.45) is 0 Å². The smallest absolute Gasteiger partial charge is 0.288 e. The van der Waals surface area contributed by atoms with Gasteiger partial charge in [0, 0.05) is 29.6 Å². The molecule has 3 aromatic rings. The number of carbonyl (C=O) groups is 1. The van der Waals surface area contributed by atoms with Gasteiger partial charge in [-0.25, -0.2) is 4.68 Å². The summed E-state index contributed by atoms with van der Waals surface area (Å²) >= 11 is 5.87. The van der Waals surface area contributed by atoms with Gasteiger partial charge in [-0.2, -0.15) is 5.10 Å². The van der Waals surface area contributed by atoms with E-state index < -0.39 is 4.92 Å². The number of nitro groups is 1. The summed E-state index contributed by atoms with van der Waals surface area (Å²) in [5.41, 5.74) is 1.54. The van der Waals surface area contributed by atoms with E-state index in [1.54, 1.807) is 4.90 Å². The number of hydrogen-bond acceptors (Lipinski definition) is 4. The van der Waals surface area contributed by atoms with Crippen LogP contribution in [-0.4, -0.2) is 30.1 Å². The Labute approximate surface area is 172 Å². The molecule has 1 aliphatic rings. The first-order chi connectivity index (χ1) is 13.7. The largest absolute Gasteiger partial charge is 0.328 e. The van der Waals surface area contributed by atoms with E-state index in [9.17, 15) is 14.9 Å². The topological polar surface area (TPSA) is 86.2 Å². The molecule has 0 aliphatic carbocycles. The normalized spacial score (nSPS) is 13.6. The first-order valence-corrected chi connectivity index (χ1v) is 9.52. The first-order valence-electron chi connectivity index (χ1n) is 9.14. The first kappa shape index (κ1) is 19.2. The predicted molar refractivity (Wildman–Crippen MR) is 108 cm³/mol. The molecule has 0 atom stereocenters. The van der Waals surface area contributed by atoms with Gasteiger partial charge < -0.3 is 9.47 Å². The van der Waals surface area contributed by atoms with Gasteiger partial charge >= 0.3 is 0 Å². The van der Waals surface area contributed by atoms with E-state index >= 15 is 0 Å². The number of amides is 1. The molecule has 0 N–H and O–H groups in total. The van der Waals surface area contributed by atoms with Crippen molar-refractivity contribution in [1.29, 1.82) is 0 Å². The number of rotatable bonds is 3. The lowest BCUT2D eigenvalue weighted by molar-refractivity contribution is -0.384. The number of benzene rings is 1. The predicted octanol–water partition coefficient (Wildman–Crippen LogP) is 4.15. The van der Waals surface area contributed by atoms with Gasteiger partial charge in [0.1, 0.15) is 10.8 Å². The molecule has 0 bridgehead atoms. The van der Waals surface area contributed by atoms with E-state index in [4.69, 9.17) is 16.7 Å². The minimum atomic E-state index is -0.588. The van der Waals surface area contributed by atoms with Crippen LogP contribution in [0, 0.1) is 10.1 Å². The summed E-state index contributed by atoms with van der Waals surface area (Å²) in [7, 11) is 0. The number of aromatic nitrogens is 3. The molecule has 0 saturated heterocycles. The minimum Gasteiger partial charge on any atom is -0.328 e. The van der Waals surface area contributed by atoms with Crippen molar-refractivity contribution in [3.8, 4) is 5.82 Å². The van der Waals surface area contributed by atoms with Crippen LogP contribution in [0.4, 0.5) is 5.69 Å². The molecular weight excluding hydrogens is 394 g/mol. The summed E-state index contributed by atoms with van der Waals surface area (Å²) < 4.78 is 3.98. The molecule has 1 aromatic carbocycles. The van der Waals surface area contributed by atoms with Gasteiger partial charge in [-0.3, -0.25) is 14.9 Å². The molecule has 1 amide bonds. The standard InChI is InChI=1S/C20H20ClN5O3/c1-20(2,3)25-18(23-8-4-5-9-23)14-11-24(12-16(14)22-25)19(27)13-6-7-15(21)17(10-13)26(28)29/h4-10H,11-12H2,1-3H3. The third-order valence-electron chi connectivity index (χ3n) is 4.89. The molecule has 9 heteroatoms. The Morgan fingerprint density at radius 1 is 1.21 bits per heavy atom. The van der Waals surface area contributed by atoms with Gasteiger partial charge in [-0.05, 0) is 45.0 Å². The summed E-state index contributed by atoms with van der Waals surface area (Å²) in [4.78, 5) is 25.2. The molecule has 150 valence electrons. The summed E-state index contributed by atoms with van der Waals surface area (Å²) in [5.74, 6) is 0.637. The molecule has 0 saturated carbocycles. The second kappa shape index (κ2) is 6.73. The highest BCUT2D eigenvalue weighted by molar-refractivity contribution is 6.32. The molecule has 3 heterocycles. The van der Waals surface area contributed by atoms with Crippen LogP contribution in [0.5, 0.6) is 0 Å². The van der Waals surface area contributed by atoms with E-state index in [1.165, 1.54) is 18.2 Å². The second-order valence-corrected chi connectivity index (χ2v) is 8.41. The average Bonchev–Trinajstić information content (AvgIpc) is 3.35. The van der Waals surface area contributed by atoms with Crippen molar-refractivity contribution >= 4 is 23.2 Å². The quantitative estimate of drug-likeness (QED) is 0.476. The molecule has 29 heavy (non-hydrogen) atoms. The zero-order chi connectivity index (χ0) is 20.9. The van der Waals surface area contributed by atoms with E-state index in [0.29, 0.717) is 13.1 Å². The molecule has 2 aromatic heterocycles. The Morgan fingerprint density at radius 2 is 1.90 bits per heavy atom. The Bertz CT molecular complexity index is 1110. The van der Waals surface area contributed by atoms with Crippen LogP contribution in [-0.2, 0) is 18.6 Å². The molecule has 8 nitrogen and oxygen atoms in total. The third-order valence-corrected chi connectivity index (χ3v) is 5.21. The Hall–Kier alpha value is -3.13. The molecule has 0 radical (unpaired) electrons. The fourth-order valence-electron chi connectivity index (χ4n) is 3.52. The van der Waals surface area contributed by atoms with Gasteiger partial charge in [0.15, 0.2) is 0 Å². The maximum absolute atomic E-state index is 13.0. The Balaban J connectivity index is 1.69. The summed E-state index contributed by atoms with van der Waals surface area (Å²) in [5, 5.41) is 15.9. The molecule has 1 aliphatic heterocycles. The van der Waals surface area contributed by atoms with Crippen LogP contribution < -0.4 is 0 Å². The molecule has 0 spiro atoms. The van der Waals surface area contributed by atoms with Crippen LogP contribution in [0.15, 0.2) is 42.7 Å². The number of halogens is 1. The number of hydrogen-bond donors (Lipinski definition) is 0. The van der Waals surface area contributed by atoms with E-state index in [-0.39, 0.29) is 27.7 Å². The fourth-order valence-corrected chi connectivity index (χ4v) is 3.71. The second-order valence-electron chi connectivity index (χ2n) is 8.01. The zero-order valence-corrected chi connectivity index (χ0v) is 17.1. The van der Waals surface area contributed by atoms with Gasteiger partial charge in [-0.15, -0.1) is 0 Å². The van der Waals surface area contributed by atoms with Crippen LogP contribution in [0.3, 0.4) is 0 Å². The van der Waals surface area contributed by atoms with E-state index in [2.05, 4.69) is 20.8 Å². The number of fused-ring (bicyclic) bond motifs is 1. The number of carbonyl (C=O) groups excluding carboxylic acids is 1. The lowest BCUT2D eigenvalue weighted by atomic mass is 10.1. The zero-order valence-electron chi connectivity index (χ0n) is 16.3. The van der Waals surface area contributed by atoms with Crippen molar-refractivity contribution in [3.63, 3.8) is 0 Å². The lowest BCUT2D eigenvalue weighted by Crippen LogP contribution is -2.29. The highest BCUT2D eigenvalue weighted by Crippen LogP contribution is 2.33. The Kier molecular flexibility index (Phi) is 4.46. The van der Waals surface area contributed by atoms with Crippen LogP contribution >= 0.6 is 11.6 Å². The highest BCUT2D eigenvalue weighted by atomic mass is 35.5. The lowest BCUT2D eigenvalue weighted by Gasteiger charge is -2.24. The van der Waals surface area contributed by atoms with E-state index in [0.717, 1.165) is 17.1 Å². The van der Waals surface area contributed by atoms with Gasteiger partial charge in [0.05, 0.1) is 29.2 Å². The maximum atomic E-state index is 13.0. The van der Waals surface area contributed by atoms with Crippen molar-refractivity contribution in [2.75, 3.05) is 0 Å². The molecule has 0 unspecified atom stereocenters. The van der Waals surface area contributed by atoms with Crippen molar-refractivity contribution in [2.45, 2.75) is 39.4 Å².